The molecule has 1 fully saturated rings. The monoisotopic (exact) mass is 400 g/mol. The van der Waals surface area contributed by atoms with E-state index in [0.717, 1.165) is 22.3 Å². The molecule has 0 unspecified atom stereocenters. The van der Waals surface area contributed by atoms with Gasteiger partial charge in [-0.15, -0.1) is 0 Å². The van der Waals surface area contributed by atoms with Gasteiger partial charge in [-0.3, -0.25) is 9.55 Å². The second-order valence-corrected chi connectivity index (χ2v) is 7.44. The minimum atomic E-state index is -0.380. The number of amides is 2. The first kappa shape index (κ1) is 18.2. The fourth-order valence-electron chi connectivity index (χ4n) is 3.71. The number of carbonyl (C=O) groups excluding carboxylic acids is 1. The Labute approximate surface area is 172 Å². The zero-order valence-corrected chi connectivity index (χ0v) is 16.2. The van der Waals surface area contributed by atoms with Crippen molar-refractivity contribution in [3.05, 3.63) is 94.7 Å². The van der Waals surface area contributed by atoms with Crippen LogP contribution in [0, 0.1) is 0 Å². The van der Waals surface area contributed by atoms with Crippen molar-refractivity contribution in [3.8, 4) is 0 Å². The fraction of sp³-hybridized carbons (Fsp3) is 0.174. The quantitative estimate of drug-likeness (QED) is 0.567. The number of anilines is 1. The van der Waals surface area contributed by atoms with Crippen molar-refractivity contribution in [1.29, 1.82) is 0 Å². The van der Waals surface area contributed by atoms with Crippen LogP contribution in [-0.4, -0.2) is 33.6 Å². The molecule has 1 saturated heterocycles. The Balaban J connectivity index is 1.21. The maximum Gasteiger partial charge on any atom is 0.420 e. The largest absolute Gasteiger partial charge is 0.420 e. The van der Waals surface area contributed by atoms with Gasteiger partial charge in [0.1, 0.15) is 0 Å². The number of urea groups is 1. The first-order valence-corrected chi connectivity index (χ1v) is 9.80. The van der Waals surface area contributed by atoms with Gasteiger partial charge in [-0.05, 0) is 41.5 Å². The summed E-state index contributed by atoms with van der Waals surface area (Å²) < 4.78 is 6.87. The molecular weight excluding hydrogens is 380 g/mol. The average Bonchev–Trinajstić information content (AvgIpc) is 3.04. The summed E-state index contributed by atoms with van der Waals surface area (Å²) in [6.45, 7) is 1.78. The molecule has 4 aromatic rings. The van der Waals surface area contributed by atoms with Crippen molar-refractivity contribution in [2.24, 2.45) is 0 Å². The number of benzene rings is 2. The maximum absolute atomic E-state index is 12.4. The molecule has 0 radical (unpaired) electrons. The van der Waals surface area contributed by atoms with E-state index < -0.39 is 0 Å². The molecule has 1 N–H and O–H groups in total. The van der Waals surface area contributed by atoms with E-state index in [1.54, 1.807) is 21.7 Å². The molecule has 1 aliphatic rings. The summed E-state index contributed by atoms with van der Waals surface area (Å²) in [6.07, 6.45) is 3.61. The third-order valence-electron chi connectivity index (χ3n) is 5.44. The number of carbonyl (C=O) groups is 1. The smallest absolute Gasteiger partial charge is 0.408 e. The molecule has 3 heterocycles. The number of hydrogen-bond acceptors (Lipinski definition) is 4. The number of para-hydroxylation sites is 2. The highest BCUT2D eigenvalue weighted by Crippen LogP contribution is 2.27. The lowest BCUT2D eigenvalue weighted by atomic mass is 9.93. The van der Waals surface area contributed by atoms with Gasteiger partial charge in [-0.1, -0.05) is 30.3 Å². The van der Waals surface area contributed by atoms with Crippen LogP contribution >= 0.6 is 0 Å². The van der Waals surface area contributed by atoms with Gasteiger partial charge < -0.3 is 14.6 Å². The van der Waals surface area contributed by atoms with Crippen LogP contribution in [0.2, 0.25) is 0 Å². The second-order valence-electron chi connectivity index (χ2n) is 7.44. The number of likely N-dealkylation sites (tertiary alicyclic amines) is 1. The van der Waals surface area contributed by atoms with Crippen molar-refractivity contribution in [3.63, 3.8) is 0 Å². The van der Waals surface area contributed by atoms with Gasteiger partial charge in [-0.2, -0.15) is 0 Å². The van der Waals surface area contributed by atoms with Crippen LogP contribution in [0.4, 0.5) is 10.5 Å². The predicted octanol–water partition coefficient (Wildman–Crippen LogP) is 3.67. The number of oxazole rings is 1. The highest BCUT2D eigenvalue weighted by Gasteiger charge is 2.31. The molecule has 2 aromatic carbocycles. The van der Waals surface area contributed by atoms with Gasteiger partial charge in [0.2, 0.25) is 0 Å². The Morgan fingerprint density at radius 3 is 2.63 bits per heavy atom. The van der Waals surface area contributed by atoms with Crippen LogP contribution in [0.1, 0.15) is 17.0 Å². The summed E-state index contributed by atoms with van der Waals surface area (Å²) in [5.41, 5.74) is 4.17. The van der Waals surface area contributed by atoms with Crippen molar-refractivity contribution in [2.75, 3.05) is 18.4 Å². The van der Waals surface area contributed by atoms with E-state index in [1.807, 2.05) is 60.8 Å². The first-order chi connectivity index (χ1) is 14.7. The fourth-order valence-corrected chi connectivity index (χ4v) is 3.71. The van der Waals surface area contributed by atoms with Crippen LogP contribution in [-0.2, 0) is 6.54 Å². The normalized spacial score (nSPS) is 13.9. The molecule has 30 heavy (non-hydrogen) atoms. The zero-order valence-electron chi connectivity index (χ0n) is 16.2. The molecule has 0 bridgehead atoms. The van der Waals surface area contributed by atoms with E-state index in [1.165, 1.54) is 0 Å². The lowest BCUT2D eigenvalue weighted by Crippen LogP contribution is -2.50. The summed E-state index contributed by atoms with van der Waals surface area (Å²) in [5, 5.41) is 2.93. The molecule has 0 atom stereocenters. The lowest BCUT2D eigenvalue weighted by molar-refractivity contribution is 0.164. The van der Waals surface area contributed by atoms with E-state index in [9.17, 15) is 9.59 Å². The predicted molar refractivity (Wildman–Crippen MR) is 114 cm³/mol. The van der Waals surface area contributed by atoms with Crippen LogP contribution in [0.5, 0.6) is 0 Å². The molecule has 5 rings (SSSR count). The number of hydrogen-bond donors (Lipinski definition) is 1. The van der Waals surface area contributed by atoms with E-state index in [4.69, 9.17) is 4.42 Å². The summed E-state index contributed by atoms with van der Waals surface area (Å²) in [7, 11) is 0. The number of nitrogens with zero attached hydrogens (tertiary/aromatic N) is 3. The van der Waals surface area contributed by atoms with Gasteiger partial charge >= 0.3 is 11.8 Å². The van der Waals surface area contributed by atoms with E-state index in [2.05, 4.69) is 10.3 Å². The first-order valence-electron chi connectivity index (χ1n) is 9.80. The Morgan fingerprint density at radius 2 is 1.87 bits per heavy atom. The van der Waals surface area contributed by atoms with Crippen molar-refractivity contribution in [1.82, 2.24) is 14.5 Å². The molecular formula is C23H20N4O3. The third-order valence-corrected chi connectivity index (χ3v) is 5.44. The van der Waals surface area contributed by atoms with Crippen LogP contribution in [0.25, 0.3) is 11.1 Å². The van der Waals surface area contributed by atoms with Gasteiger partial charge in [0.15, 0.2) is 5.58 Å². The average molecular weight is 400 g/mol. The number of fused-ring (bicyclic) bond motifs is 1. The molecule has 0 aliphatic carbocycles. The van der Waals surface area contributed by atoms with Crippen LogP contribution in [0.3, 0.4) is 0 Å². The lowest BCUT2D eigenvalue weighted by Gasteiger charge is -2.39. The second kappa shape index (κ2) is 7.51. The summed E-state index contributed by atoms with van der Waals surface area (Å²) >= 11 is 0. The number of nitrogens with one attached hydrogen (secondary N) is 1. The Kier molecular flexibility index (Phi) is 4.55. The molecule has 1 aliphatic heterocycles. The summed E-state index contributed by atoms with van der Waals surface area (Å²) in [5.74, 6) is -0.0375. The molecule has 150 valence electrons. The molecule has 2 aromatic heterocycles. The molecule has 0 saturated carbocycles. The SMILES string of the molecule is O=C(Nc1ccc(Cn2c(=O)oc3ccccc32)cc1)N1CC(c2cccnc2)C1. The van der Waals surface area contributed by atoms with Gasteiger partial charge in [0.05, 0.1) is 12.1 Å². The maximum atomic E-state index is 12.4. The minimum Gasteiger partial charge on any atom is -0.408 e. The Hall–Kier alpha value is -3.87. The van der Waals surface area contributed by atoms with Gasteiger partial charge in [-0.25, -0.2) is 9.59 Å². The standard InChI is InChI=1S/C23H20N4O3/c28-22(26-14-18(15-26)17-4-3-11-24-12-17)25-19-9-7-16(8-10-19)13-27-20-5-1-2-6-21(20)30-23(27)29/h1-12,18H,13-15H2,(H,25,28). The minimum absolute atomic E-state index is 0.111. The third kappa shape index (κ3) is 3.45. The van der Waals surface area contributed by atoms with Crippen LogP contribution < -0.4 is 11.1 Å². The molecule has 0 spiro atoms. The van der Waals surface area contributed by atoms with E-state index in [0.29, 0.717) is 31.1 Å². The molecule has 2 amide bonds. The van der Waals surface area contributed by atoms with E-state index in [-0.39, 0.29) is 11.8 Å². The summed E-state index contributed by atoms with van der Waals surface area (Å²) in [6, 6.07) is 18.7. The highest BCUT2D eigenvalue weighted by atomic mass is 16.4. The number of rotatable bonds is 4. The van der Waals surface area contributed by atoms with E-state index >= 15 is 0 Å². The molecule has 7 heteroatoms. The zero-order chi connectivity index (χ0) is 20.5. The molecule has 7 nitrogen and oxygen atoms in total. The topological polar surface area (TPSA) is 80.4 Å². The Morgan fingerprint density at radius 1 is 1.07 bits per heavy atom. The summed E-state index contributed by atoms with van der Waals surface area (Å²) in [4.78, 5) is 30.5. The van der Waals surface area contributed by atoms with Crippen molar-refractivity contribution >= 4 is 22.8 Å². The Bertz CT molecular complexity index is 1240. The van der Waals surface area contributed by atoms with Gasteiger partial charge in [0.25, 0.3) is 0 Å². The van der Waals surface area contributed by atoms with Crippen molar-refractivity contribution in [2.45, 2.75) is 12.5 Å². The van der Waals surface area contributed by atoms with Crippen molar-refractivity contribution < 1.29 is 9.21 Å². The number of aromatic nitrogens is 2. The van der Waals surface area contributed by atoms with Gasteiger partial charge in [0, 0.05) is 37.1 Å². The number of pyridine rings is 1. The van der Waals surface area contributed by atoms with Crippen LogP contribution in [0.15, 0.2) is 82.3 Å². The highest BCUT2D eigenvalue weighted by molar-refractivity contribution is 5.90.